The van der Waals surface area contributed by atoms with Crippen molar-refractivity contribution in [2.24, 2.45) is 0 Å². The number of benzene rings is 2. The number of aryl methyl sites for hydroxylation is 1. The fraction of sp³-hybridized carbons (Fsp3) is 0.286. The van der Waals surface area contributed by atoms with Crippen LogP contribution in [0.15, 0.2) is 47.4 Å². The molecule has 29 heavy (non-hydrogen) atoms. The van der Waals surface area contributed by atoms with E-state index in [1.807, 2.05) is 31.2 Å². The lowest BCUT2D eigenvalue weighted by molar-refractivity contribution is -0.124. The molecule has 0 bridgehead atoms. The van der Waals surface area contributed by atoms with E-state index in [2.05, 4.69) is 10.6 Å². The van der Waals surface area contributed by atoms with Crippen LogP contribution in [0.25, 0.3) is 0 Å². The van der Waals surface area contributed by atoms with Gasteiger partial charge >= 0.3 is 5.97 Å². The van der Waals surface area contributed by atoms with E-state index in [9.17, 15) is 14.4 Å². The van der Waals surface area contributed by atoms with Crippen molar-refractivity contribution in [2.75, 3.05) is 30.8 Å². The molecule has 1 heterocycles. The van der Waals surface area contributed by atoms with Gasteiger partial charge < -0.3 is 20.1 Å². The predicted molar refractivity (Wildman–Crippen MR) is 110 cm³/mol. The third-order valence-electron chi connectivity index (χ3n) is 4.09. The number of hydrogen-bond acceptors (Lipinski definition) is 6. The van der Waals surface area contributed by atoms with Crippen molar-refractivity contribution in [3.05, 3.63) is 53.6 Å². The highest BCUT2D eigenvalue weighted by atomic mass is 32.2. The molecule has 0 fully saturated rings. The van der Waals surface area contributed by atoms with Gasteiger partial charge in [0, 0.05) is 17.1 Å². The Kier molecular flexibility index (Phi) is 7.13. The molecule has 1 aliphatic rings. The molecule has 7 nitrogen and oxygen atoms in total. The molecular weight excluding hydrogens is 392 g/mol. The number of amides is 2. The molecule has 0 aromatic heterocycles. The summed E-state index contributed by atoms with van der Waals surface area (Å²) in [5.74, 6) is 0.302. The summed E-state index contributed by atoms with van der Waals surface area (Å²) in [5.41, 5.74) is 1.96. The quantitative estimate of drug-likeness (QED) is 0.535. The van der Waals surface area contributed by atoms with Gasteiger partial charge in [-0.05, 0) is 42.8 Å². The molecule has 2 N–H and O–H groups in total. The van der Waals surface area contributed by atoms with Crippen LogP contribution in [0.2, 0.25) is 0 Å². The Morgan fingerprint density at radius 2 is 2.07 bits per heavy atom. The molecule has 0 unspecified atom stereocenters. The van der Waals surface area contributed by atoms with E-state index in [0.717, 1.165) is 16.2 Å². The van der Waals surface area contributed by atoms with E-state index >= 15 is 0 Å². The molecule has 0 radical (unpaired) electrons. The van der Waals surface area contributed by atoms with E-state index in [4.69, 9.17) is 9.47 Å². The lowest BCUT2D eigenvalue weighted by Crippen LogP contribution is -2.32. The van der Waals surface area contributed by atoms with Crippen molar-refractivity contribution >= 4 is 35.2 Å². The fourth-order valence-electron chi connectivity index (χ4n) is 2.68. The maximum atomic E-state index is 12.2. The summed E-state index contributed by atoms with van der Waals surface area (Å²) in [5, 5.41) is 5.41. The van der Waals surface area contributed by atoms with E-state index in [-0.39, 0.29) is 18.1 Å². The zero-order chi connectivity index (χ0) is 20.6. The van der Waals surface area contributed by atoms with Crippen molar-refractivity contribution in [2.45, 2.75) is 18.2 Å². The number of carbonyl (C=O) groups excluding carboxylic acids is 3. The highest BCUT2D eigenvalue weighted by Crippen LogP contribution is 2.31. The number of ether oxygens (including phenoxy) is 2. The fourth-order valence-corrected chi connectivity index (χ4v) is 3.61. The van der Waals surface area contributed by atoms with Crippen molar-refractivity contribution in [1.29, 1.82) is 0 Å². The Bertz CT molecular complexity index is 916. The lowest BCUT2D eigenvalue weighted by atomic mass is 10.2. The minimum Gasteiger partial charge on any atom is -0.492 e. The maximum absolute atomic E-state index is 12.2. The first-order valence-corrected chi connectivity index (χ1v) is 10.2. The van der Waals surface area contributed by atoms with Gasteiger partial charge in [0.1, 0.15) is 12.4 Å². The second-order valence-corrected chi connectivity index (χ2v) is 7.59. The van der Waals surface area contributed by atoms with Crippen LogP contribution in [0.1, 0.15) is 22.3 Å². The molecule has 2 amide bonds. The highest BCUT2D eigenvalue weighted by molar-refractivity contribution is 7.99. The molecule has 2 aromatic rings. The normalized spacial score (nSPS) is 12.9. The molecule has 0 saturated heterocycles. The van der Waals surface area contributed by atoms with E-state index in [1.54, 1.807) is 30.0 Å². The summed E-state index contributed by atoms with van der Waals surface area (Å²) in [6.07, 6.45) is 0.424. The van der Waals surface area contributed by atoms with Crippen LogP contribution in [-0.2, 0) is 14.3 Å². The number of esters is 1. The van der Waals surface area contributed by atoms with Crippen LogP contribution >= 0.6 is 11.8 Å². The lowest BCUT2D eigenvalue weighted by Gasteiger charge is -2.10. The standard InChI is InChI=1S/C21H22N2O5S/c1-14-3-2-4-16(11-14)27-9-8-22-20(25)13-28-21(26)15-5-6-18-17(12-15)23-19(24)7-10-29-18/h2-6,11-12H,7-10,13H2,1H3,(H,22,25)(H,23,24). The summed E-state index contributed by atoms with van der Waals surface area (Å²) in [4.78, 5) is 36.6. The first kappa shape index (κ1) is 20.7. The molecule has 0 atom stereocenters. The first-order chi connectivity index (χ1) is 14.0. The van der Waals surface area contributed by atoms with Crippen LogP contribution in [0, 0.1) is 6.92 Å². The molecule has 2 aromatic carbocycles. The smallest absolute Gasteiger partial charge is 0.338 e. The Balaban J connectivity index is 1.42. The summed E-state index contributed by atoms with van der Waals surface area (Å²) < 4.78 is 10.6. The van der Waals surface area contributed by atoms with Gasteiger partial charge in [0.25, 0.3) is 5.91 Å². The number of carbonyl (C=O) groups is 3. The van der Waals surface area contributed by atoms with Gasteiger partial charge in [0.05, 0.1) is 17.8 Å². The Labute approximate surface area is 173 Å². The van der Waals surface area contributed by atoms with Gasteiger partial charge in [-0.25, -0.2) is 4.79 Å². The summed E-state index contributed by atoms with van der Waals surface area (Å²) in [6, 6.07) is 12.6. The van der Waals surface area contributed by atoms with E-state index < -0.39 is 11.9 Å². The Hall–Kier alpha value is -3.00. The minimum absolute atomic E-state index is 0.0889. The van der Waals surface area contributed by atoms with Crippen molar-refractivity contribution < 1.29 is 23.9 Å². The van der Waals surface area contributed by atoms with Crippen molar-refractivity contribution in [1.82, 2.24) is 5.32 Å². The summed E-state index contributed by atoms with van der Waals surface area (Å²) in [6.45, 7) is 2.19. The Morgan fingerprint density at radius 3 is 2.90 bits per heavy atom. The molecular formula is C21H22N2O5S. The van der Waals surface area contributed by atoms with Crippen LogP contribution in [0.4, 0.5) is 5.69 Å². The minimum atomic E-state index is -0.623. The molecule has 152 valence electrons. The predicted octanol–water partition coefficient (Wildman–Crippen LogP) is 2.78. The van der Waals surface area contributed by atoms with E-state index in [1.165, 1.54) is 0 Å². The highest BCUT2D eigenvalue weighted by Gasteiger charge is 2.17. The SMILES string of the molecule is Cc1cccc(OCCNC(=O)COC(=O)c2ccc3c(c2)NC(=O)CCS3)c1. The van der Waals surface area contributed by atoms with Gasteiger partial charge in [-0.3, -0.25) is 9.59 Å². The number of hydrogen-bond donors (Lipinski definition) is 2. The second kappa shape index (κ2) is 9.97. The molecule has 3 rings (SSSR count). The second-order valence-electron chi connectivity index (χ2n) is 6.45. The maximum Gasteiger partial charge on any atom is 0.338 e. The van der Waals surface area contributed by atoms with Gasteiger partial charge in [-0.1, -0.05) is 12.1 Å². The molecule has 0 saturated carbocycles. The van der Waals surface area contributed by atoms with Crippen LogP contribution < -0.4 is 15.4 Å². The van der Waals surface area contributed by atoms with Gasteiger partial charge in [-0.15, -0.1) is 11.8 Å². The zero-order valence-corrected chi connectivity index (χ0v) is 16.8. The number of rotatable bonds is 7. The van der Waals surface area contributed by atoms with Crippen LogP contribution in [0.5, 0.6) is 5.75 Å². The van der Waals surface area contributed by atoms with Crippen LogP contribution in [0.3, 0.4) is 0 Å². The third kappa shape index (κ3) is 6.25. The topological polar surface area (TPSA) is 93.7 Å². The van der Waals surface area contributed by atoms with Gasteiger partial charge in [0.2, 0.25) is 5.91 Å². The average molecular weight is 414 g/mol. The third-order valence-corrected chi connectivity index (χ3v) is 5.17. The average Bonchev–Trinajstić information content (AvgIpc) is 2.89. The summed E-state index contributed by atoms with van der Waals surface area (Å²) in [7, 11) is 0. The zero-order valence-electron chi connectivity index (χ0n) is 16.0. The molecule has 8 heteroatoms. The van der Waals surface area contributed by atoms with Gasteiger partial charge in [-0.2, -0.15) is 0 Å². The monoisotopic (exact) mass is 414 g/mol. The molecule has 1 aliphatic heterocycles. The Morgan fingerprint density at radius 1 is 1.21 bits per heavy atom. The number of anilines is 1. The molecule has 0 spiro atoms. The van der Waals surface area contributed by atoms with Crippen molar-refractivity contribution in [3.63, 3.8) is 0 Å². The largest absolute Gasteiger partial charge is 0.492 e. The van der Waals surface area contributed by atoms with Crippen LogP contribution in [-0.4, -0.2) is 43.3 Å². The number of nitrogens with one attached hydrogen (secondary N) is 2. The van der Waals surface area contributed by atoms with E-state index in [0.29, 0.717) is 31.0 Å². The first-order valence-electron chi connectivity index (χ1n) is 9.21. The van der Waals surface area contributed by atoms with Gasteiger partial charge in [0.15, 0.2) is 6.61 Å². The molecule has 0 aliphatic carbocycles. The summed E-state index contributed by atoms with van der Waals surface area (Å²) >= 11 is 1.55. The number of fused-ring (bicyclic) bond motifs is 1. The van der Waals surface area contributed by atoms with Crippen molar-refractivity contribution in [3.8, 4) is 5.75 Å². The number of thioether (sulfide) groups is 1.